The molecule has 0 heterocycles. The lowest BCUT2D eigenvalue weighted by atomic mass is 10.1. The van der Waals surface area contributed by atoms with Crippen molar-refractivity contribution in [1.29, 1.82) is 0 Å². The molecule has 0 atom stereocenters. The Bertz CT molecular complexity index is 437. The van der Waals surface area contributed by atoms with Crippen molar-refractivity contribution in [1.82, 2.24) is 0 Å². The van der Waals surface area contributed by atoms with Crippen molar-refractivity contribution in [3.05, 3.63) is 35.9 Å². The number of benzene rings is 1. The molecule has 1 rings (SSSR count). The van der Waals surface area contributed by atoms with E-state index in [1.807, 2.05) is 6.07 Å². The van der Waals surface area contributed by atoms with Gasteiger partial charge < -0.3 is 4.74 Å². The van der Waals surface area contributed by atoms with E-state index in [2.05, 4.69) is 10.2 Å². The van der Waals surface area contributed by atoms with Crippen LogP contribution in [0.1, 0.15) is 19.4 Å². The summed E-state index contributed by atoms with van der Waals surface area (Å²) in [4.78, 5) is 11.7. The van der Waals surface area contributed by atoms with Crippen molar-refractivity contribution in [2.45, 2.75) is 13.8 Å². The average molecular weight is 253 g/mol. The summed E-state index contributed by atoms with van der Waals surface area (Å²) in [5.41, 5.74) is 0.792. The molecule has 0 N–H and O–H groups in total. The number of hydrogen-bond acceptors (Lipinski definition) is 4. The van der Waals surface area contributed by atoms with Crippen LogP contribution in [0.15, 0.2) is 40.5 Å². The minimum absolute atomic E-state index is 0.146. The van der Waals surface area contributed by atoms with E-state index in [1.54, 1.807) is 38.1 Å². The van der Waals surface area contributed by atoms with Crippen LogP contribution < -0.4 is 0 Å². The maximum atomic E-state index is 11.7. The minimum atomic E-state index is -0.514. The molecule has 0 amide bonds. The average Bonchev–Trinajstić information content (AvgIpc) is 2.30. The van der Waals surface area contributed by atoms with E-state index in [9.17, 15) is 4.79 Å². The number of nitrogens with zero attached hydrogens (tertiary/aromatic N) is 2. The molecular formula is C12H13ClN2O2. The third kappa shape index (κ3) is 4.36. The predicted octanol–water partition coefficient (Wildman–Crippen LogP) is 2.61. The Kier molecular flexibility index (Phi) is 5.36. The van der Waals surface area contributed by atoms with Crippen LogP contribution in [0.4, 0.5) is 0 Å². The molecule has 0 aliphatic rings. The molecule has 4 nitrogen and oxygen atoms in total. The van der Waals surface area contributed by atoms with E-state index in [0.717, 1.165) is 0 Å². The Morgan fingerprint density at radius 3 is 2.47 bits per heavy atom. The lowest BCUT2D eigenvalue weighted by molar-refractivity contribution is -0.134. The second-order valence-electron chi connectivity index (χ2n) is 3.13. The zero-order valence-electron chi connectivity index (χ0n) is 9.68. The van der Waals surface area contributed by atoms with Gasteiger partial charge in [0.05, 0.1) is 6.61 Å². The topological polar surface area (TPSA) is 51.0 Å². The van der Waals surface area contributed by atoms with Crippen molar-refractivity contribution in [3.63, 3.8) is 0 Å². The van der Waals surface area contributed by atoms with E-state index in [0.29, 0.717) is 5.56 Å². The molecule has 5 heteroatoms. The number of ether oxygens (including phenoxy) is 1. The Labute approximate surface area is 105 Å². The van der Waals surface area contributed by atoms with E-state index in [1.165, 1.54) is 0 Å². The van der Waals surface area contributed by atoms with Crippen molar-refractivity contribution < 1.29 is 9.53 Å². The molecule has 17 heavy (non-hydrogen) atoms. The van der Waals surface area contributed by atoms with E-state index < -0.39 is 5.97 Å². The molecule has 1 aromatic carbocycles. The van der Waals surface area contributed by atoms with Crippen LogP contribution in [0.25, 0.3) is 0 Å². The van der Waals surface area contributed by atoms with Crippen LogP contribution >= 0.6 is 11.6 Å². The van der Waals surface area contributed by atoms with Crippen molar-refractivity contribution in [2.75, 3.05) is 6.61 Å². The number of carbonyl (C=O) groups is 1. The second kappa shape index (κ2) is 6.81. The molecule has 0 aromatic heterocycles. The molecule has 0 aliphatic heterocycles. The van der Waals surface area contributed by atoms with E-state index in [4.69, 9.17) is 16.3 Å². The third-order valence-electron chi connectivity index (χ3n) is 1.80. The summed E-state index contributed by atoms with van der Waals surface area (Å²) in [5, 5.41) is 7.74. The molecule has 0 unspecified atom stereocenters. The van der Waals surface area contributed by atoms with Crippen LogP contribution in [-0.2, 0) is 9.53 Å². The number of halogens is 1. The van der Waals surface area contributed by atoms with Crippen molar-refractivity contribution in [3.8, 4) is 0 Å². The van der Waals surface area contributed by atoms with E-state index >= 15 is 0 Å². The highest BCUT2D eigenvalue weighted by molar-refractivity contribution is 6.64. The lowest BCUT2D eigenvalue weighted by Gasteiger charge is -2.04. The van der Waals surface area contributed by atoms with Gasteiger partial charge in [0.1, 0.15) is 5.17 Å². The maximum Gasteiger partial charge on any atom is 0.359 e. The summed E-state index contributed by atoms with van der Waals surface area (Å²) in [7, 11) is 0. The summed E-state index contributed by atoms with van der Waals surface area (Å²) in [5.74, 6) is -0.514. The Balaban J connectivity index is 3.07. The van der Waals surface area contributed by atoms with Gasteiger partial charge in [-0.1, -0.05) is 41.9 Å². The first kappa shape index (κ1) is 13.4. The van der Waals surface area contributed by atoms with Crippen LogP contribution in [0.5, 0.6) is 0 Å². The summed E-state index contributed by atoms with van der Waals surface area (Å²) < 4.78 is 4.91. The normalized spacial score (nSPS) is 12.4. The van der Waals surface area contributed by atoms with Gasteiger partial charge in [0.2, 0.25) is 0 Å². The number of esters is 1. The van der Waals surface area contributed by atoms with Crippen LogP contribution in [0.2, 0.25) is 0 Å². The van der Waals surface area contributed by atoms with Gasteiger partial charge >= 0.3 is 5.97 Å². The smallest absolute Gasteiger partial charge is 0.359 e. The summed E-state index contributed by atoms with van der Waals surface area (Å²) in [6.07, 6.45) is 0. The van der Waals surface area contributed by atoms with Crippen molar-refractivity contribution >= 4 is 28.5 Å². The predicted molar refractivity (Wildman–Crippen MR) is 68.6 cm³/mol. The molecule has 0 bridgehead atoms. The first-order valence-corrected chi connectivity index (χ1v) is 5.53. The van der Waals surface area contributed by atoms with Gasteiger partial charge in [-0.3, -0.25) is 0 Å². The Hall–Kier alpha value is -1.68. The second-order valence-corrected chi connectivity index (χ2v) is 3.68. The highest BCUT2D eigenvalue weighted by Gasteiger charge is 2.14. The monoisotopic (exact) mass is 252 g/mol. The standard InChI is InChI=1S/C12H13ClN2O2/c1-3-17-12(16)11(15-14-9(2)13)10-7-5-4-6-8-10/h4-8H,3H2,1-2H3. The minimum Gasteiger partial charge on any atom is -0.461 e. The van der Waals surface area contributed by atoms with Crippen molar-refractivity contribution in [2.24, 2.45) is 10.2 Å². The molecule has 1 aromatic rings. The molecular weight excluding hydrogens is 240 g/mol. The molecule has 0 saturated heterocycles. The van der Waals surface area contributed by atoms with Crippen LogP contribution in [0.3, 0.4) is 0 Å². The molecule has 0 fully saturated rings. The molecule has 0 saturated carbocycles. The summed E-state index contributed by atoms with van der Waals surface area (Å²) in [6, 6.07) is 8.98. The number of carbonyl (C=O) groups excluding carboxylic acids is 1. The van der Waals surface area contributed by atoms with Gasteiger partial charge in [-0.2, -0.15) is 0 Å². The molecule has 0 spiro atoms. The Morgan fingerprint density at radius 1 is 1.29 bits per heavy atom. The zero-order chi connectivity index (χ0) is 12.7. The van der Waals surface area contributed by atoms with Crippen LogP contribution in [-0.4, -0.2) is 23.5 Å². The number of hydrogen-bond donors (Lipinski definition) is 0. The molecule has 0 aliphatic carbocycles. The fraction of sp³-hybridized carbons (Fsp3) is 0.250. The lowest BCUT2D eigenvalue weighted by Crippen LogP contribution is -2.18. The third-order valence-corrected chi connectivity index (χ3v) is 1.88. The summed E-state index contributed by atoms with van der Waals surface area (Å²) in [6.45, 7) is 3.60. The van der Waals surface area contributed by atoms with Gasteiger partial charge in [0.15, 0.2) is 5.71 Å². The first-order chi connectivity index (χ1) is 8.15. The highest BCUT2D eigenvalue weighted by atomic mass is 35.5. The summed E-state index contributed by atoms with van der Waals surface area (Å²) >= 11 is 5.58. The Morgan fingerprint density at radius 2 is 1.94 bits per heavy atom. The molecule has 90 valence electrons. The number of rotatable bonds is 4. The highest BCUT2D eigenvalue weighted by Crippen LogP contribution is 2.04. The van der Waals surface area contributed by atoms with Crippen LogP contribution in [0, 0.1) is 0 Å². The van der Waals surface area contributed by atoms with E-state index in [-0.39, 0.29) is 17.5 Å². The van der Waals surface area contributed by atoms with Gasteiger partial charge in [0.25, 0.3) is 0 Å². The van der Waals surface area contributed by atoms with Gasteiger partial charge in [0, 0.05) is 5.56 Å². The fourth-order valence-electron chi connectivity index (χ4n) is 1.13. The largest absolute Gasteiger partial charge is 0.461 e. The SMILES string of the molecule is CCOC(=O)C(=NN=C(C)Cl)c1ccccc1. The first-order valence-electron chi connectivity index (χ1n) is 5.15. The fourth-order valence-corrected chi connectivity index (χ4v) is 1.17. The molecule has 0 radical (unpaired) electrons. The maximum absolute atomic E-state index is 11.7. The zero-order valence-corrected chi connectivity index (χ0v) is 10.4. The quantitative estimate of drug-likeness (QED) is 0.470. The van der Waals surface area contributed by atoms with Gasteiger partial charge in [-0.25, -0.2) is 4.79 Å². The van der Waals surface area contributed by atoms with Gasteiger partial charge in [-0.15, -0.1) is 10.2 Å². The van der Waals surface area contributed by atoms with Gasteiger partial charge in [-0.05, 0) is 13.8 Å².